The van der Waals surface area contributed by atoms with Crippen molar-refractivity contribution in [3.05, 3.63) is 79.5 Å². The van der Waals surface area contributed by atoms with Gasteiger partial charge in [0.05, 0.1) is 18.3 Å². The van der Waals surface area contributed by atoms with Gasteiger partial charge < -0.3 is 5.32 Å². The molecule has 0 aliphatic carbocycles. The Balaban J connectivity index is 1.84. The molecule has 122 valence electrons. The predicted octanol–water partition coefficient (Wildman–Crippen LogP) is 5.10. The van der Waals surface area contributed by atoms with Crippen LogP contribution in [0.4, 0.5) is 5.82 Å². The second-order valence-electron chi connectivity index (χ2n) is 5.01. The van der Waals surface area contributed by atoms with E-state index < -0.39 is 0 Å². The SMILES string of the molecule is O=C(Nc1ccnn1Cc1c(Cl)cccc1Cl)c1ccccc1I. The van der Waals surface area contributed by atoms with Crippen LogP contribution in [0.5, 0.6) is 0 Å². The minimum Gasteiger partial charge on any atom is -0.307 e. The summed E-state index contributed by atoms with van der Waals surface area (Å²) in [7, 11) is 0. The summed E-state index contributed by atoms with van der Waals surface area (Å²) in [6.07, 6.45) is 1.62. The van der Waals surface area contributed by atoms with E-state index in [2.05, 4.69) is 33.0 Å². The fourth-order valence-electron chi connectivity index (χ4n) is 2.23. The number of nitrogens with one attached hydrogen (secondary N) is 1. The van der Waals surface area contributed by atoms with Gasteiger partial charge in [0.15, 0.2) is 0 Å². The molecule has 0 unspecified atom stereocenters. The van der Waals surface area contributed by atoms with Gasteiger partial charge >= 0.3 is 0 Å². The Morgan fingerprint density at radius 1 is 1.08 bits per heavy atom. The quantitative estimate of drug-likeness (QED) is 0.538. The van der Waals surface area contributed by atoms with Gasteiger partial charge in [-0.3, -0.25) is 4.79 Å². The molecule has 0 saturated heterocycles. The Bertz CT molecular complexity index is 875. The number of hydrogen-bond acceptors (Lipinski definition) is 2. The summed E-state index contributed by atoms with van der Waals surface area (Å²) in [5.41, 5.74) is 1.37. The number of aromatic nitrogens is 2. The van der Waals surface area contributed by atoms with Crippen LogP contribution >= 0.6 is 45.8 Å². The molecule has 0 fully saturated rings. The fraction of sp³-hybridized carbons (Fsp3) is 0.0588. The molecule has 0 bridgehead atoms. The zero-order valence-electron chi connectivity index (χ0n) is 12.3. The maximum Gasteiger partial charge on any atom is 0.257 e. The fourth-order valence-corrected chi connectivity index (χ4v) is 3.38. The molecule has 0 aliphatic rings. The number of halogens is 3. The van der Waals surface area contributed by atoms with Crippen molar-refractivity contribution in [3.8, 4) is 0 Å². The molecule has 1 aromatic heterocycles. The Kier molecular flexibility index (Phi) is 5.43. The molecule has 0 radical (unpaired) electrons. The van der Waals surface area contributed by atoms with Crippen molar-refractivity contribution in [2.24, 2.45) is 0 Å². The summed E-state index contributed by atoms with van der Waals surface area (Å²) in [6.45, 7) is 0.368. The highest BCUT2D eigenvalue weighted by Crippen LogP contribution is 2.26. The third-order valence-electron chi connectivity index (χ3n) is 3.45. The summed E-state index contributed by atoms with van der Waals surface area (Å²) < 4.78 is 2.54. The lowest BCUT2D eigenvalue weighted by atomic mass is 10.2. The van der Waals surface area contributed by atoms with Crippen LogP contribution in [0.25, 0.3) is 0 Å². The maximum absolute atomic E-state index is 12.5. The number of amides is 1. The molecule has 7 heteroatoms. The van der Waals surface area contributed by atoms with Crippen molar-refractivity contribution in [2.75, 3.05) is 5.32 Å². The third kappa shape index (κ3) is 3.74. The molecule has 0 aliphatic heterocycles. The van der Waals surface area contributed by atoms with Gasteiger partial charge in [-0.15, -0.1) is 0 Å². The second kappa shape index (κ2) is 7.55. The van der Waals surface area contributed by atoms with E-state index in [9.17, 15) is 4.79 Å². The molecule has 24 heavy (non-hydrogen) atoms. The standard InChI is InChI=1S/C17H12Cl2IN3O/c18-13-5-3-6-14(19)12(13)10-23-16(8-9-21-23)22-17(24)11-4-1-2-7-15(11)20/h1-9H,10H2,(H,22,24). The zero-order chi connectivity index (χ0) is 17.1. The molecule has 1 N–H and O–H groups in total. The molecule has 3 rings (SSSR count). The summed E-state index contributed by atoms with van der Waals surface area (Å²) in [5, 5.41) is 8.25. The highest BCUT2D eigenvalue weighted by Gasteiger charge is 2.14. The summed E-state index contributed by atoms with van der Waals surface area (Å²) in [6, 6.07) is 14.5. The van der Waals surface area contributed by atoms with Gasteiger partial charge in [-0.2, -0.15) is 5.10 Å². The minimum atomic E-state index is -0.188. The Hall–Kier alpha value is -1.57. The van der Waals surface area contributed by atoms with Crippen LogP contribution in [0.15, 0.2) is 54.7 Å². The van der Waals surface area contributed by atoms with E-state index in [0.29, 0.717) is 28.0 Å². The lowest BCUT2D eigenvalue weighted by Crippen LogP contribution is -2.17. The van der Waals surface area contributed by atoms with E-state index in [1.165, 1.54) is 0 Å². The molecule has 2 aromatic carbocycles. The number of benzene rings is 2. The van der Waals surface area contributed by atoms with Crippen LogP contribution in [-0.2, 0) is 6.54 Å². The van der Waals surface area contributed by atoms with Crippen LogP contribution in [-0.4, -0.2) is 15.7 Å². The molecule has 3 aromatic rings. The van der Waals surface area contributed by atoms with Crippen molar-refractivity contribution < 1.29 is 4.79 Å². The topological polar surface area (TPSA) is 46.9 Å². The number of carbonyl (C=O) groups excluding carboxylic acids is 1. The van der Waals surface area contributed by atoms with E-state index in [0.717, 1.165) is 9.13 Å². The largest absolute Gasteiger partial charge is 0.307 e. The second-order valence-corrected chi connectivity index (χ2v) is 6.98. The van der Waals surface area contributed by atoms with E-state index in [-0.39, 0.29) is 5.91 Å². The first-order valence-electron chi connectivity index (χ1n) is 7.07. The lowest BCUT2D eigenvalue weighted by Gasteiger charge is -2.12. The minimum absolute atomic E-state index is 0.188. The first kappa shape index (κ1) is 17.3. The molecular weight excluding hydrogens is 460 g/mol. The van der Waals surface area contributed by atoms with Gasteiger partial charge in [0.1, 0.15) is 5.82 Å². The highest BCUT2D eigenvalue weighted by molar-refractivity contribution is 14.1. The number of carbonyl (C=O) groups is 1. The number of nitrogens with zero attached hydrogens (tertiary/aromatic N) is 2. The average Bonchev–Trinajstić information content (AvgIpc) is 2.98. The first-order valence-corrected chi connectivity index (χ1v) is 8.90. The first-order chi connectivity index (χ1) is 11.6. The van der Waals surface area contributed by atoms with Crippen molar-refractivity contribution in [2.45, 2.75) is 6.54 Å². The van der Waals surface area contributed by atoms with Gasteiger partial charge in [-0.05, 0) is 46.9 Å². The van der Waals surface area contributed by atoms with Crippen LogP contribution in [0.2, 0.25) is 10.0 Å². The Morgan fingerprint density at radius 3 is 2.50 bits per heavy atom. The normalized spacial score (nSPS) is 10.6. The van der Waals surface area contributed by atoms with Crippen LogP contribution < -0.4 is 5.32 Å². The summed E-state index contributed by atoms with van der Waals surface area (Å²) >= 11 is 14.5. The molecule has 0 spiro atoms. The van der Waals surface area contributed by atoms with Crippen molar-refractivity contribution >= 4 is 57.5 Å². The van der Waals surface area contributed by atoms with Crippen LogP contribution in [0, 0.1) is 3.57 Å². The zero-order valence-corrected chi connectivity index (χ0v) is 16.0. The molecule has 1 heterocycles. The van der Waals surface area contributed by atoms with Gasteiger partial charge in [0, 0.05) is 25.2 Å². The van der Waals surface area contributed by atoms with Crippen molar-refractivity contribution in [1.82, 2.24) is 9.78 Å². The van der Waals surface area contributed by atoms with Gasteiger partial charge in [-0.25, -0.2) is 4.68 Å². The van der Waals surface area contributed by atoms with E-state index in [4.69, 9.17) is 23.2 Å². The smallest absolute Gasteiger partial charge is 0.257 e. The van der Waals surface area contributed by atoms with Crippen molar-refractivity contribution in [1.29, 1.82) is 0 Å². The van der Waals surface area contributed by atoms with Gasteiger partial charge in [0.25, 0.3) is 5.91 Å². The molecule has 0 atom stereocenters. The average molecular weight is 472 g/mol. The predicted molar refractivity (Wildman–Crippen MR) is 105 cm³/mol. The third-order valence-corrected chi connectivity index (χ3v) is 5.10. The highest BCUT2D eigenvalue weighted by atomic mass is 127. The Labute approximate surface area is 162 Å². The van der Waals surface area contributed by atoms with E-state index in [1.54, 1.807) is 41.2 Å². The number of anilines is 1. The van der Waals surface area contributed by atoms with Crippen molar-refractivity contribution in [3.63, 3.8) is 0 Å². The van der Waals surface area contributed by atoms with Gasteiger partial charge in [0.2, 0.25) is 0 Å². The lowest BCUT2D eigenvalue weighted by molar-refractivity contribution is 0.102. The number of rotatable bonds is 4. The summed E-state index contributed by atoms with van der Waals surface area (Å²) in [5.74, 6) is 0.391. The molecule has 0 saturated carbocycles. The molecular formula is C17H12Cl2IN3O. The maximum atomic E-state index is 12.5. The number of hydrogen-bond donors (Lipinski definition) is 1. The van der Waals surface area contributed by atoms with E-state index in [1.807, 2.05) is 18.2 Å². The van der Waals surface area contributed by atoms with Gasteiger partial charge in [-0.1, -0.05) is 41.4 Å². The van der Waals surface area contributed by atoms with Crippen LogP contribution in [0.1, 0.15) is 15.9 Å². The molecule has 1 amide bonds. The molecule has 4 nitrogen and oxygen atoms in total. The van der Waals surface area contributed by atoms with Crippen LogP contribution in [0.3, 0.4) is 0 Å². The Morgan fingerprint density at radius 2 is 1.79 bits per heavy atom. The monoisotopic (exact) mass is 471 g/mol. The van der Waals surface area contributed by atoms with E-state index >= 15 is 0 Å². The summed E-state index contributed by atoms with van der Waals surface area (Å²) in [4.78, 5) is 12.5.